The van der Waals surface area contributed by atoms with E-state index < -0.39 is 11.5 Å². The molecule has 20 heavy (non-hydrogen) atoms. The van der Waals surface area contributed by atoms with Gasteiger partial charge in [-0.1, -0.05) is 30.0 Å². The van der Waals surface area contributed by atoms with Crippen LogP contribution in [0.4, 0.5) is 0 Å². The highest BCUT2D eigenvalue weighted by Crippen LogP contribution is 2.17. The fourth-order valence-corrected chi connectivity index (χ4v) is 2.48. The predicted molar refractivity (Wildman–Crippen MR) is 77.7 cm³/mol. The fraction of sp³-hybridized carbons (Fsp3) is 0.214. The molecule has 5 nitrogen and oxygen atoms in total. The van der Waals surface area contributed by atoms with E-state index in [4.69, 9.17) is 0 Å². The first kappa shape index (κ1) is 14.3. The SMILES string of the molecule is COC(=O)c1c(C)nc(SC)n(-c2ccccc2)c1=O. The molecule has 0 radical (unpaired) electrons. The number of benzene rings is 1. The molecular weight excluding hydrogens is 276 g/mol. The van der Waals surface area contributed by atoms with Gasteiger partial charge in [0.1, 0.15) is 5.56 Å². The minimum Gasteiger partial charge on any atom is -0.465 e. The summed E-state index contributed by atoms with van der Waals surface area (Å²) in [6.45, 7) is 1.63. The Morgan fingerprint density at radius 1 is 1.30 bits per heavy atom. The molecule has 104 valence electrons. The van der Waals surface area contributed by atoms with Crippen LogP contribution in [0.25, 0.3) is 5.69 Å². The zero-order chi connectivity index (χ0) is 14.7. The molecule has 0 fully saturated rings. The molecular formula is C14H14N2O3S. The van der Waals surface area contributed by atoms with Crippen molar-refractivity contribution in [3.8, 4) is 5.69 Å². The summed E-state index contributed by atoms with van der Waals surface area (Å²) in [5, 5.41) is 0.534. The standard InChI is InChI=1S/C14H14N2O3S/c1-9-11(13(18)19-2)12(17)16(14(15-9)20-3)10-7-5-4-6-8-10/h4-8H,1-3H3. The number of hydrogen-bond donors (Lipinski definition) is 0. The molecule has 0 spiro atoms. The minimum absolute atomic E-state index is 0.0332. The summed E-state index contributed by atoms with van der Waals surface area (Å²) < 4.78 is 6.08. The van der Waals surface area contributed by atoms with Gasteiger partial charge in [-0.2, -0.15) is 0 Å². The quantitative estimate of drug-likeness (QED) is 0.492. The third-order valence-corrected chi connectivity index (χ3v) is 3.46. The van der Waals surface area contributed by atoms with E-state index in [1.54, 1.807) is 19.1 Å². The van der Waals surface area contributed by atoms with E-state index >= 15 is 0 Å². The first-order chi connectivity index (χ1) is 9.60. The summed E-state index contributed by atoms with van der Waals surface area (Å²) in [7, 11) is 1.25. The van der Waals surface area contributed by atoms with Crippen molar-refractivity contribution in [1.29, 1.82) is 0 Å². The van der Waals surface area contributed by atoms with Crippen molar-refractivity contribution in [2.75, 3.05) is 13.4 Å². The van der Waals surface area contributed by atoms with Gasteiger partial charge in [0.05, 0.1) is 18.5 Å². The first-order valence-electron chi connectivity index (χ1n) is 5.91. The Kier molecular flexibility index (Phi) is 4.24. The second kappa shape index (κ2) is 5.92. The molecule has 0 amide bonds. The van der Waals surface area contributed by atoms with Crippen LogP contribution in [0.15, 0.2) is 40.3 Å². The molecule has 0 saturated carbocycles. The topological polar surface area (TPSA) is 61.2 Å². The molecule has 1 aromatic heterocycles. The maximum atomic E-state index is 12.6. The third kappa shape index (κ3) is 2.46. The van der Waals surface area contributed by atoms with E-state index in [1.165, 1.54) is 23.4 Å². The van der Waals surface area contributed by atoms with Crippen LogP contribution in [0.3, 0.4) is 0 Å². The Morgan fingerprint density at radius 3 is 2.50 bits per heavy atom. The Bertz CT molecular complexity index is 696. The summed E-state index contributed by atoms with van der Waals surface area (Å²) in [5.74, 6) is -0.669. The van der Waals surface area contributed by atoms with E-state index in [-0.39, 0.29) is 5.56 Å². The van der Waals surface area contributed by atoms with Crippen molar-refractivity contribution in [1.82, 2.24) is 9.55 Å². The number of methoxy groups -OCH3 is 1. The average molecular weight is 290 g/mol. The predicted octanol–water partition coefficient (Wildman–Crippen LogP) is 2.05. The summed E-state index contributed by atoms with van der Waals surface area (Å²) in [6.07, 6.45) is 1.83. The number of ether oxygens (including phenoxy) is 1. The number of carbonyl (C=O) groups is 1. The number of thioether (sulfide) groups is 1. The number of hydrogen-bond acceptors (Lipinski definition) is 5. The highest BCUT2D eigenvalue weighted by atomic mass is 32.2. The number of carbonyl (C=O) groups excluding carboxylic acids is 1. The van der Waals surface area contributed by atoms with Gasteiger partial charge in [-0.05, 0) is 25.3 Å². The van der Waals surface area contributed by atoms with Gasteiger partial charge in [-0.15, -0.1) is 0 Å². The Morgan fingerprint density at radius 2 is 1.95 bits per heavy atom. The van der Waals surface area contributed by atoms with Crippen LogP contribution in [-0.4, -0.2) is 28.9 Å². The van der Waals surface area contributed by atoms with E-state index in [9.17, 15) is 9.59 Å². The zero-order valence-corrected chi connectivity index (χ0v) is 12.2. The lowest BCUT2D eigenvalue weighted by molar-refractivity contribution is 0.0596. The van der Waals surface area contributed by atoms with Gasteiger partial charge >= 0.3 is 5.97 Å². The van der Waals surface area contributed by atoms with Crippen LogP contribution >= 0.6 is 11.8 Å². The summed E-state index contributed by atoms with van der Waals surface area (Å²) in [5.41, 5.74) is 0.590. The molecule has 0 atom stereocenters. The Balaban J connectivity index is 2.79. The van der Waals surface area contributed by atoms with Gasteiger partial charge in [0.2, 0.25) is 0 Å². The summed E-state index contributed by atoms with van der Waals surface area (Å²) in [6, 6.07) is 9.08. The van der Waals surface area contributed by atoms with Gasteiger partial charge < -0.3 is 4.74 Å². The number of rotatable bonds is 3. The molecule has 2 rings (SSSR count). The van der Waals surface area contributed by atoms with Crippen molar-refractivity contribution < 1.29 is 9.53 Å². The van der Waals surface area contributed by atoms with Crippen LogP contribution in [0.1, 0.15) is 16.1 Å². The molecule has 0 aliphatic rings. The van der Waals surface area contributed by atoms with Gasteiger partial charge in [0.15, 0.2) is 5.16 Å². The average Bonchev–Trinajstić information content (AvgIpc) is 2.47. The van der Waals surface area contributed by atoms with Gasteiger partial charge in [-0.25, -0.2) is 9.78 Å². The smallest absolute Gasteiger partial charge is 0.345 e. The van der Waals surface area contributed by atoms with Crippen molar-refractivity contribution in [2.45, 2.75) is 12.1 Å². The van der Waals surface area contributed by atoms with Gasteiger partial charge in [0, 0.05) is 0 Å². The number of aryl methyl sites for hydroxylation is 1. The molecule has 0 unspecified atom stereocenters. The molecule has 0 aliphatic carbocycles. The number of para-hydroxylation sites is 1. The molecule has 0 bridgehead atoms. The van der Waals surface area contributed by atoms with Crippen molar-refractivity contribution >= 4 is 17.7 Å². The number of esters is 1. The summed E-state index contributed by atoms with van der Waals surface area (Å²) in [4.78, 5) is 28.7. The minimum atomic E-state index is -0.669. The largest absolute Gasteiger partial charge is 0.465 e. The van der Waals surface area contributed by atoms with E-state index in [0.29, 0.717) is 16.5 Å². The van der Waals surface area contributed by atoms with Crippen LogP contribution in [0, 0.1) is 6.92 Å². The van der Waals surface area contributed by atoms with Crippen LogP contribution in [-0.2, 0) is 4.74 Å². The van der Waals surface area contributed by atoms with Crippen molar-refractivity contribution in [3.63, 3.8) is 0 Å². The normalized spacial score (nSPS) is 10.3. The zero-order valence-electron chi connectivity index (χ0n) is 11.4. The molecule has 2 aromatic rings. The molecule has 1 heterocycles. The second-order valence-corrected chi connectivity index (χ2v) is 4.80. The second-order valence-electron chi connectivity index (χ2n) is 4.03. The molecule has 0 aliphatic heterocycles. The van der Waals surface area contributed by atoms with Crippen LogP contribution in [0.5, 0.6) is 0 Å². The van der Waals surface area contributed by atoms with Crippen LogP contribution in [0.2, 0.25) is 0 Å². The highest BCUT2D eigenvalue weighted by molar-refractivity contribution is 7.98. The maximum absolute atomic E-state index is 12.6. The number of nitrogens with zero attached hydrogens (tertiary/aromatic N) is 2. The van der Waals surface area contributed by atoms with Gasteiger partial charge in [0.25, 0.3) is 5.56 Å². The van der Waals surface area contributed by atoms with E-state index in [1.807, 2.05) is 24.5 Å². The molecule has 6 heteroatoms. The lowest BCUT2D eigenvalue weighted by Crippen LogP contribution is -2.29. The van der Waals surface area contributed by atoms with Crippen LogP contribution < -0.4 is 5.56 Å². The fourth-order valence-electron chi connectivity index (χ4n) is 1.88. The molecule has 1 aromatic carbocycles. The maximum Gasteiger partial charge on any atom is 0.345 e. The lowest BCUT2D eigenvalue weighted by atomic mass is 10.2. The van der Waals surface area contributed by atoms with Crippen molar-refractivity contribution in [2.24, 2.45) is 0 Å². The lowest BCUT2D eigenvalue weighted by Gasteiger charge is -2.13. The Hall–Kier alpha value is -2.08. The third-order valence-electron chi connectivity index (χ3n) is 2.82. The Labute approximate surface area is 120 Å². The van der Waals surface area contributed by atoms with Crippen molar-refractivity contribution in [3.05, 3.63) is 51.9 Å². The van der Waals surface area contributed by atoms with E-state index in [2.05, 4.69) is 9.72 Å². The molecule has 0 saturated heterocycles. The first-order valence-corrected chi connectivity index (χ1v) is 7.14. The highest BCUT2D eigenvalue weighted by Gasteiger charge is 2.21. The van der Waals surface area contributed by atoms with Gasteiger partial charge in [-0.3, -0.25) is 9.36 Å². The number of aromatic nitrogens is 2. The molecule has 0 N–H and O–H groups in total. The monoisotopic (exact) mass is 290 g/mol. The van der Waals surface area contributed by atoms with E-state index in [0.717, 1.165) is 0 Å². The summed E-state index contributed by atoms with van der Waals surface area (Å²) >= 11 is 1.35.